The van der Waals surface area contributed by atoms with Crippen LogP contribution in [0.1, 0.15) is 58.6 Å². The highest BCUT2D eigenvalue weighted by Gasteiger charge is 1.89. The molecule has 0 aliphatic rings. The quantitative estimate of drug-likeness (QED) is 0.822. The zero-order valence-corrected chi connectivity index (χ0v) is 14.9. The molecule has 21 heavy (non-hydrogen) atoms. The number of aryl methyl sites for hydroxylation is 1. The third-order valence-corrected chi connectivity index (χ3v) is 2.91. The van der Waals surface area contributed by atoms with E-state index < -0.39 is 0 Å². The third-order valence-electron chi connectivity index (χ3n) is 2.91. The molecule has 0 saturated heterocycles. The van der Waals surface area contributed by atoms with Gasteiger partial charge in [0.2, 0.25) is 6.41 Å². The number of rotatable bonds is 4. The van der Waals surface area contributed by atoms with Crippen LogP contribution in [0, 0.1) is 12.8 Å². The molecule has 0 spiro atoms. The van der Waals surface area contributed by atoms with E-state index in [-0.39, 0.29) is 6.41 Å². The molecule has 3 nitrogen and oxygen atoms in total. The Bertz CT molecular complexity index is 310. The molecule has 0 radical (unpaired) electrons. The van der Waals surface area contributed by atoms with Gasteiger partial charge in [-0.3, -0.25) is 4.79 Å². The van der Waals surface area contributed by atoms with Gasteiger partial charge >= 0.3 is 0 Å². The first-order chi connectivity index (χ1) is 10.0. The highest BCUT2D eigenvalue weighted by Crippen LogP contribution is 2.03. The monoisotopic (exact) mass is 296 g/mol. The molecule has 0 aliphatic carbocycles. The lowest BCUT2D eigenvalue weighted by Crippen LogP contribution is -2.02. The van der Waals surface area contributed by atoms with Crippen molar-refractivity contribution in [3.8, 4) is 0 Å². The van der Waals surface area contributed by atoms with Crippen molar-refractivity contribution in [2.24, 2.45) is 17.4 Å². The van der Waals surface area contributed by atoms with Gasteiger partial charge in [0.05, 0.1) is 0 Å². The fraction of sp³-hybridized carbons (Fsp3) is 0.611. The molecule has 1 aromatic rings. The normalized spacial score (nSPS) is 8.38. The lowest BCUT2D eigenvalue weighted by molar-refractivity contribution is -0.106. The molecule has 124 valence electrons. The van der Waals surface area contributed by atoms with Crippen LogP contribution in [-0.2, 0) is 11.2 Å². The van der Waals surface area contributed by atoms with Crippen LogP contribution in [0.2, 0.25) is 0 Å². The van der Waals surface area contributed by atoms with Gasteiger partial charge in [-0.2, -0.15) is 0 Å². The first-order valence-electron chi connectivity index (χ1n) is 7.96. The number of carbonyl (C=O) groups is 1. The molecule has 0 bridgehead atoms. The molecule has 0 saturated carbocycles. The maximum absolute atomic E-state index is 8.58. The van der Waals surface area contributed by atoms with Gasteiger partial charge in [0, 0.05) is 0 Å². The molecule has 0 heterocycles. The second-order valence-electron chi connectivity index (χ2n) is 4.59. The largest absolute Gasteiger partial charge is 0.372 e. The van der Waals surface area contributed by atoms with E-state index in [1.165, 1.54) is 24.0 Å². The number of primary amides is 1. The van der Waals surface area contributed by atoms with Crippen molar-refractivity contribution in [1.29, 1.82) is 0 Å². The summed E-state index contributed by atoms with van der Waals surface area (Å²) in [6.45, 7) is 13.6. The maximum Gasteiger partial charge on any atom is 0.204 e. The Kier molecular flexibility index (Phi) is 24.6. The van der Waals surface area contributed by atoms with Gasteiger partial charge in [-0.1, -0.05) is 77.3 Å². The SMILES string of the molecule is CC.CCC(C)CC.Cc1cccc(CCN)c1.NC=O. The molecule has 0 unspecified atom stereocenters. The van der Waals surface area contributed by atoms with E-state index >= 15 is 0 Å². The number of hydrogen-bond acceptors (Lipinski definition) is 2. The average Bonchev–Trinajstić information content (AvgIpc) is 2.50. The summed E-state index contributed by atoms with van der Waals surface area (Å²) in [6.07, 6.45) is 3.90. The number of hydrogen-bond donors (Lipinski definition) is 2. The Labute approximate surface area is 132 Å². The Morgan fingerprint density at radius 3 is 1.95 bits per heavy atom. The van der Waals surface area contributed by atoms with Crippen LogP contribution in [0.5, 0.6) is 0 Å². The van der Waals surface area contributed by atoms with Crippen LogP contribution in [-0.4, -0.2) is 13.0 Å². The molecular formula is C18H36N2O. The molecule has 4 N–H and O–H groups in total. The number of amides is 1. The van der Waals surface area contributed by atoms with E-state index in [4.69, 9.17) is 10.5 Å². The average molecular weight is 296 g/mol. The second kappa shape index (κ2) is 21.0. The fourth-order valence-electron chi connectivity index (χ4n) is 1.32. The van der Waals surface area contributed by atoms with Gasteiger partial charge in [0.1, 0.15) is 0 Å². The van der Waals surface area contributed by atoms with Gasteiger partial charge in [0.15, 0.2) is 0 Å². The minimum absolute atomic E-state index is 0.250. The molecule has 0 fully saturated rings. The van der Waals surface area contributed by atoms with Gasteiger partial charge in [-0.25, -0.2) is 0 Å². The van der Waals surface area contributed by atoms with Crippen molar-refractivity contribution in [3.63, 3.8) is 0 Å². The first-order valence-corrected chi connectivity index (χ1v) is 7.96. The molecule has 0 aliphatic heterocycles. The summed E-state index contributed by atoms with van der Waals surface area (Å²) in [6, 6.07) is 8.45. The fourth-order valence-corrected chi connectivity index (χ4v) is 1.32. The first kappa shape index (κ1) is 24.7. The van der Waals surface area contributed by atoms with Crippen molar-refractivity contribution in [1.82, 2.24) is 0 Å². The van der Waals surface area contributed by atoms with Crippen LogP contribution in [0.3, 0.4) is 0 Å². The van der Waals surface area contributed by atoms with Crippen LogP contribution < -0.4 is 11.5 Å². The molecule has 1 amide bonds. The highest BCUT2D eigenvalue weighted by atomic mass is 16.1. The summed E-state index contributed by atoms with van der Waals surface area (Å²) >= 11 is 0. The summed E-state index contributed by atoms with van der Waals surface area (Å²) in [5.41, 5.74) is 12.2. The van der Waals surface area contributed by atoms with Crippen LogP contribution in [0.15, 0.2) is 24.3 Å². The summed E-state index contributed by atoms with van der Waals surface area (Å²) in [7, 11) is 0. The number of benzene rings is 1. The van der Waals surface area contributed by atoms with Crippen molar-refractivity contribution in [2.75, 3.05) is 6.54 Å². The summed E-state index contributed by atoms with van der Waals surface area (Å²) < 4.78 is 0. The predicted molar refractivity (Wildman–Crippen MR) is 95.3 cm³/mol. The van der Waals surface area contributed by atoms with Crippen molar-refractivity contribution in [3.05, 3.63) is 35.4 Å². The van der Waals surface area contributed by atoms with E-state index in [1.807, 2.05) is 13.8 Å². The van der Waals surface area contributed by atoms with Crippen molar-refractivity contribution >= 4 is 6.41 Å². The molecule has 1 rings (SSSR count). The Morgan fingerprint density at radius 2 is 1.67 bits per heavy atom. The molecule has 0 aromatic heterocycles. The van der Waals surface area contributed by atoms with Crippen LogP contribution in [0.25, 0.3) is 0 Å². The Balaban J connectivity index is -0.000000253. The van der Waals surface area contributed by atoms with E-state index in [9.17, 15) is 0 Å². The van der Waals surface area contributed by atoms with Gasteiger partial charge in [-0.15, -0.1) is 0 Å². The molecule has 1 aromatic carbocycles. The Morgan fingerprint density at radius 1 is 1.19 bits per heavy atom. The molecule has 3 heteroatoms. The maximum atomic E-state index is 8.58. The summed E-state index contributed by atoms with van der Waals surface area (Å²) in [5.74, 6) is 0.935. The molecule has 0 atom stereocenters. The van der Waals surface area contributed by atoms with Gasteiger partial charge < -0.3 is 11.5 Å². The Hall–Kier alpha value is -1.35. The zero-order chi connectivity index (χ0) is 17.1. The summed E-state index contributed by atoms with van der Waals surface area (Å²) in [5, 5.41) is 0. The van der Waals surface area contributed by atoms with E-state index in [0.29, 0.717) is 0 Å². The highest BCUT2D eigenvalue weighted by molar-refractivity contribution is 5.42. The van der Waals surface area contributed by atoms with Crippen molar-refractivity contribution < 1.29 is 4.79 Å². The topological polar surface area (TPSA) is 69.1 Å². The van der Waals surface area contributed by atoms with E-state index in [2.05, 4.69) is 57.7 Å². The van der Waals surface area contributed by atoms with E-state index in [1.54, 1.807) is 0 Å². The van der Waals surface area contributed by atoms with Gasteiger partial charge in [0.25, 0.3) is 0 Å². The minimum atomic E-state index is 0.250. The van der Waals surface area contributed by atoms with Crippen LogP contribution >= 0.6 is 0 Å². The predicted octanol–water partition coefficient (Wildman–Crippen LogP) is 4.07. The summed E-state index contributed by atoms with van der Waals surface area (Å²) in [4.78, 5) is 8.58. The van der Waals surface area contributed by atoms with Crippen molar-refractivity contribution in [2.45, 2.75) is 60.8 Å². The minimum Gasteiger partial charge on any atom is -0.372 e. The van der Waals surface area contributed by atoms with E-state index in [0.717, 1.165) is 18.9 Å². The van der Waals surface area contributed by atoms with Gasteiger partial charge in [-0.05, 0) is 31.4 Å². The number of nitrogens with two attached hydrogens (primary N) is 2. The molecular weight excluding hydrogens is 260 g/mol. The number of carbonyl (C=O) groups excluding carboxylic acids is 1. The zero-order valence-electron chi connectivity index (χ0n) is 14.9. The second-order valence-corrected chi connectivity index (χ2v) is 4.59. The lowest BCUT2D eigenvalue weighted by Gasteiger charge is -1.98. The standard InChI is InChI=1S/C9H13N.C6H14.C2H6.CH3NO/c1-8-3-2-4-9(7-8)5-6-10;1-4-6(3)5-2;1-2;2-1-3/h2-4,7H,5-6,10H2,1H3;6H,4-5H2,1-3H3;1-2H3;1H,(H2,2,3). The smallest absolute Gasteiger partial charge is 0.204 e. The van der Waals surface area contributed by atoms with Crippen LogP contribution in [0.4, 0.5) is 0 Å². The lowest BCUT2D eigenvalue weighted by atomic mass is 10.1. The third kappa shape index (κ3) is 21.1.